The van der Waals surface area contributed by atoms with Crippen molar-refractivity contribution in [3.63, 3.8) is 0 Å². The van der Waals surface area contributed by atoms with Crippen LogP contribution in [0, 0.1) is 0 Å². The topological polar surface area (TPSA) is 74.2 Å². The zero-order valence-corrected chi connectivity index (χ0v) is 18.0. The summed E-state index contributed by atoms with van der Waals surface area (Å²) in [5, 5.41) is 11.5. The van der Waals surface area contributed by atoms with E-state index in [9.17, 15) is 4.89 Å². The van der Waals surface area contributed by atoms with Crippen LogP contribution in [0.4, 0.5) is 11.4 Å². The number of hydrogen-bond donors (Lipinski definition) is 2. The summed E-state index contributed by atoms with van der Waals surface area (Å²) in [6.45, 7) is 2.18. The third-order valence-corrected chi connectivity index (χ3v) is 7.54. The van der Waals surface area contributed by atoms with Gasteiger partial charge in [0.05, 0.1) is 29.2 Å². The number of fused-ring (bicyclic) bond motifs is 1. The van der Waals surface area contributed by atoms with Gasteiger partial charge in [-0.1, -0.05) is 60.7 Å². The number of rotatable bonds is 5. The predicted octanol–water partition coefficient (Wildman–Crippen LogP) is 5.23. The van der Waals surface area contributed by atoms with Crippen molar-refractivity contribution in [2.75, 3.05) is 17.0 Å². The maximum Gasteiger partial charge on any atom is 0.221 e. The summed E-state index contributed by atoms with van der Waals surface area (Å²) in [7, 11) is -3.32. The highest BCUT2D eigenvalue weighted by Crippen LogP contribution is 2.66. The van der Waals surface area contributed by atoms with Crippen LogP contribution in [0.5, 0.6) is 0 Å². The van der Waals surface area contributed by atoms with E-state index in [1.54, 1.807) is 0 Å². The summed E-state index contributed by atoms with van der Waals surface area (Å²) < 4.78 is 7.67. The second kappa shape index (κ2) is 8.16. The number of nitrogens with zero attached hydrogens (tertiary/aromatic N) is 2. The Balaban J connectivity index is 1.68. The minimum Gasteiger partial charge on any atom is -0.635 e. The molecule has 1 aliphatic rings. The third-order valence-electron chi connectivity index (χ3n) is 5.26. The molecule has 2 atom stereocenters. The lowest BCUT2D eigenvalue weighted by atomic mass is 10.1. The molecule has 1 aromatic heterocycles. The number of benzene rings is 3. The van der Waals surface area contributed by atoms with Gasteiger partial charge in [-0.15, -0.1) is 0 Å². The van der Waals surface area contributed by atoms with E-state index in [-0.39, 0.29) is 0 Å². The van der Waals surface area contributed by atoms with Crippen LogP contribution in [0.25, 0.3) is 16.9 Å². The first-order valence-electron chi connectivity index (χ1n) is 10.3. The van der Waals surface area contributed by atoms with Crippen molar-refractivity contribution in [1.82, 2.24) is 9.78 Å². The van der Waals surface area contributed by atoms with Crippen LogP contribution in [0.2, 0.25) is 0 Å². The van der Waals surface area contributed by atoms with Crippen molar-refractivity contribution >= 4 is 19.2 Å². The molecule has 0 radical (unpaired) electrons. The Morgan fingerprint density at radius 2 is 1.58 bits per heavy atom. The highest BCUT2D eigenvalue weighted by molar-refractivity contribution is 7.66. The average Bonchev–Trinajstić information content (AvgIpc) is 3.25. The molecule has 0 spiro atoms. The molecule has 156 valence electrons. The van der Waals surface area contributed by atoms with Gasteiger partial charge in [0.25, 0.3) is 0 Å². The van der Waals surface area contributed by atoms with Crippen LogP contribution in [0.15, 0.2) is 91.1 Å². The van der Waals surface area contributed by atoms with E-state index in [0.29, 0.717) is 6.61 Å². The SMILES string of the molecule is CCO[P+]1([O-])Nc2ccccc2NC1c1cn(-c2ccccc2)nc1-c1ccccc1. The largest absolute Gasteiger partial charge is 0.635 e. The lowest BCUT2D eigenvalue weighted by Crippen LogP contribution is -2.34. The minimum absolute atomic E-state index is 0.331. The molecule has 0 amide bonds. The molecule has 2 heterocycles. The molecular formula is C24H23N4O2P. The van der Waals surface area contributed by atoms with Gasteiger partial charge >= 0.3 is 0 Å². The molecule has 2 unspecified atom stereocenters. The van der Waals surface area contributed by atoms with Crippen LogP contribution >= 0.6 is 7.87 Å². The smallest absolute Gasteiger partial charge is 0.221 e. The van der Waals surface area contributed by atoms with Gasteiger partial charge < -0.3 is 10.2 Å². The zero-order valence-electron chi connectivity index (χ0n) is 17.1. The van der Waals surface area contributed by atoms with E-state index in [0.717, 1.165) is 33.9 Å². The number of para-hydroxylation sites is 3. The highest BCUT2D eigenvalue weighted by atomic mass is 31.2. The van der Waals surface area contributed by atoms with Gasteiger partial charge in [-0.25, -0.2) is 14.3 Å². The summed E-state index contributed by atoms with van der Waals surface area (Å²) in [6, 6.07) is 27.6. The number of anilines is 2. The molecule has 2 N–H and O–H groups in total. The molecule has 31 heavy (non-hydrogen) atoms. The van der Waals surface area contributed by atoms with E-state index in [2.05, 4.69) is 10.4 Å². The van der Waals surface area contributed by atoms with E-state index >= 15 is 0 Å². The lowest BCUT2D eigenvalue weighted by Gasteiger charge is -2.40. The third kappa shape index (κ3) is 3.70. The van der Waals surface area contributed by atoms with Gasteiger partial charge in [-0.3, -0.25) is 0 Å². The number of aromatic nitrogens is 2. The normalized spacial score (nSPS) is 19.9. The van der Waals surface area contributed by atoms with Crippen molar-refractivity contribution in [3.8, 4) is 16.9 Å². The van der Waals surface area contributed by atoms with Crippen LogP contribution < -0.4 is 15.3 Å². The Morgan fingerprint density at radius 1 is 0.935 bits per heavy atom. The summed E-state index contributed by atoms with van der Waals surface area (Å²) in [5.41, 5.74) is 5.12. The first kappa shape index (κ1) is 19.8. The molecule has 0 fully saturated rings. The monoisotopic (exact) mass is 430 g/mol. The molecule has 0 saturated heterocycles. The maximum atomic E-state index is 14.0. The molecule has 5 rings (SSSR count). The minimum atomic E-state index is -3.32. The first-order valence-corrected chi connectivity index (χ1v) is 12.0. The second-order valence-electron chi connectivity index (χ2n) is 7.30. The van der Waals surface area contributed by atoms with Crippen molar-refractivity contribution in [1.29, 1.82) is 0 Å². The van der Waals surface area contributed by atoms with Crippen molar-refractivity contribution in [3.05, 3.63) is 96.7 Å². The van der Waals surface area contributed by atoms with E-state index < -0.39 is 13.7 Å². The first-order chi connectivity index (χ1) is 15.2. The fraction of sp³-hybridized carbons (Fsp3) is 0.125. The molecule has 4 aromatic rings. The number of hydrogen-bond acceptors (Lipinski definition) is 5. The Labute approximate surface area is 182 Å². The van der Waals surface area contributed by atoms with Crippen LogP contribution in [-0.2, 0) is 4.52 Å². The maximum absolute atomic E-state index is 14.0. The Morgan fingerprint density at radius 3 is 2.29 bits per heavy atom. The van der Waals surface area contributed by atoms with Gasteiger partial charge in [-0.2, -0.15) is 5.10 Å². The molecule has 0 bridgehead atoms. The second-order valence-corrected chi connectivity index (χ2v) is 9.49. The molecule has 3 aromatic carbocycles. The van der Waals surface area contributed by atoms with Gasteiger partial charge in [0.2, 0.25) is 13.7 Å². The van der Waals surface area contributed by atoms with Gasteiger partial charge in [-0.05, 0) is 31.2 Å². The molecule has 6 nitrogen and oxygen atoms in total. The zero-order chi connectivity index (χ0) is 21.3. The summed E-state index contributed by atoms with van der Waals surface area (Å²) >= 11 is 0. The fourth-order valence-electron chi connectivity index (χ4n) is 3.85. The highest BCUT2D eigenvalue weighted by Gasteiger charge is 2.46. The summed E-state index contributed by atoms with van der Waals surface area (Å²) in [6.07, 6.45) is 1.94. The fourth-order valence-corrected chi connectivity index (χ4v) is 5.97. The van der Waals surface area contributed by atoms with Crippen molar-refractivity contribution in [2.24, 2.45) is 0 Å². The predicted molar refractivity (Wildman–Crippen MR) is 124 cm³/mol. The van der Waals surface area contributed by atoms with Gasteiger partial charge in [0, 0.05) is 11.8 Å². The molecule has 7 heteroatoms. The molecule has 1 aliphatic heterocycles. The van der Waals surface area contributed by atoms with Crippen LogP contribution in [-0.4, -0.2) is 16.4 Å². The molecule has 0 saturated carbocycles. The quantitative estimate of drug-likeness (QED) is 0.424. The lowest BCUT2D eigenvalue weighted by molar-refractivity contribution is -0.193. The molecule has 0 aliphatic carbocycles. The Bertz CT molecular complexity index is 1180. The van der Waals surface area contributed by atoms with E-state index in [4.69, 9.17) is 9.62 Å². The average molecular weight is 430 g/mol. The van der Waals surface area contributed by atoms with Gasteiger partial charge in [0.15, 0.2) is 0 Å². The molecular weight excluding hydrogens is 407 g/mol. The standard InChI is InChI=1S/C24H23N4O2P/c1-2-30-31(29)24(25-21-15-9-10-16-22(21)27-31)20-17-28(19-13-7-4-8-14-19)26-23(20)18-11-5-3-6-12-18/h3-17,24-25H,2H2,1H3,(H,27,29). The Hall–Kier alpha value is -3.18. The van der Waals surface area contributed by atoms with E-state index in [1.165, 1.54) is 0 Å². The van der Waals surface area contributed by atoms with Crippen LogP contribution in [0.1, 0.15) is 18.3 Å². The summed E-state index contributed by atoms with van der Waals surface area (Å²) in [4.78, 5) is 14.0. The van der Waals surface area contributed by atoms with E-state index in [1.807, 2.05) is 103 Å². The Kier molecular flexibility index (Phi) is 5.20. The number of nitrogens with one attached hydrogen (secondary N) is 2. The van der Waals surface area contributed by atoms with Crippen LogP contribution in [0.3, 0.4) is 0 Å². The van der Waals surface area contributed by atoms with Gasteiger partial charge in [0.1, 0.15) is 5.69 Å². The van der Waals surface area contributed by atoms with Crippen molar-refractivity contribution in [2.45, 2.75) is 12.7 Å². The van der Waals surface area contributed by atoms with Crippen molar-refractivity contribution < 1.29 is 9.42 Å². The summed E-state index contributed by atoms with van der Waals surface area (Å²) in [5.74, 6) is -0.588.